The Labute approximate surface area is 146 Å². The van der Waals surface area contributed by atoms with Gasteiger partial charge in [-0.2, -0.15) is 0 Å². The van der Waals surface area contributed by atoms with Gasteiger partial charge in [0.25, 0.3) is 5.56 Å². The van der Waals surface area contributed by atoms with Crippen LogP contribution >= 0.6 is 11.6 Å². The highest BCUT2D eigenvalue weighted by Crippen LogP contribution is 2.30. The summed E-state index contributed by atoms with van der Waals surface area (Å²) in [6, 6.07) is 3.31. The molecule has 3 rings (SSSR count). The van der Waals surface area contributed by atoms with Crippen molar-refractivity contribution < 1.29 is 4.74 Å². The monoisotopic (exact) mass is 349 g/mol. The second-order valence-corrected chi connectivity index (χ2v) is 7.24. The van der Waals surface area contributed by atoms with Crippen molar-refractivity contribution in [2.45, 2.75) is 51.6 Å². The molecule has 0 aliphatic carbocycles. The minimum atomic E-state index is -0.240. The summed E-state index contributed by atoms with van der Waals surface area (Å²) < 4.78 is 7.27. The van der Waals surface area contributed by atoms with Crippen LogP contribution < -0.4 is 11.3 Å². The molecule has 24 heavy (non-hydrogen) atoms. The molecule has 0 bridgehead atoms. The van der Waals surface area contributed by atoms with Gasteiger partial charge in [0.2, 0.25) is 0 Å². The van der Waals surface area contributed by atoms with E-state index in [1.165, 1.54) is 0 Å². The standard InChI is InChI=1S/C18H24ClN3O2/c1-10(2)22-17(12-4-6-24-7-5-12)21-16-14(11(3)20)8-13(19)9-15(16)18(22)23/h8-12H,4-7,20H2,1-3H3/t11-/m1/s1. The first-order valence-corrected chi connectivity index (χ1v) is 8.86. The van der Waals surface area contributed by atoms with Crippen LogP contribution in [0.3, 0.4) is 0 Å². The highest BCUT2D eigenvalue weighted by atomic mass is 35.5. The zero-order valence-electron chi connectivity index (χ0n) is 14.4. The zero-order valence-corrected chi connectivity index (χ0v) is 15.1. The van der Waals surface area contributed by atoms with E-state index in [9.17, 15) is 4.79 Å². The lowest BCUT2D eigenvalue weighted by Gasteiger charge is -2.27. The fraction of sp³-hybridized carbons (Fsp3) is 0.556. The van der Waals surface area contributed by atoms with Gasteiger partial charge in [-0.05, 0) is 51.3 Å². The summed E-state index contributed by atoms with van der Waals surface area (Å²) in [5.41, 5.74) is 7.55. The van der Waals surface area contributed by atoms with E-state index in [1.807, 2.05) is 26.8 Å². The minimum Gasteiger partial charge on any atom is -0.381 e. The number of hydrogen-bond acceptors (Lipinski definition) is 4. The molecule has 130 valence electrons. The van der Waals surface area contributed by atoms with Crippen molar-refractivity contribution in [1.82, 2.24) is 9.55 Å². The number of fused-ring (bicyclic) bond motifs is 1. The summed E-state index contributed by atoms with van der Waals surface area (Å²) in [6.07, 6.45) is 1.76. The summed E-state index contributed by atoms with van der Waals surface area (Å²) in [4.78, 5) is 18.1. The SMILES string of the molecule is CC(C)n1c(C2CCOCC2)nc2c([C@@H](C)N)cc(Cl)cc2c1=O. The Hall–Kier alpha value is -1.43. The maximum Gasteiger partial charge on any atom is 0.261 e. The number of hydrogen-bond donors (Lipinski definition) is 1. The topological polar surface area (TPSA) is 70.1 Å². The van der Waals surface area contributed by atoms with Crippen LogP contribution in [0.4, 0.5) is 0 Å². The van der Waals surface area contributed by atoms with E-state index < -0.39 is 0 Å². The lowest BCUT2D eigenvalue weighted by molar-refractivity contribution is 0.0823. The van der Waals surface area contributed by atoms with Gasteiger partial charge in [0.05, 0.1) is 10.9 Å². The predicted molar refractivity (Wildman–Crippen MR) is 96.8 cm³/mol. The second kappa shape index (κ2) is 6.82. The van der Waals surface area contributed by atoms with Gasteiger partial charge < -0.3 is 10.5 Å². The molecule has 0 radical (unpaired) electrons. The normalized spacial score (nSPS) is 17.6. The fourth-order valence-corrected chi connectivity index (χ4v) is 3.63. The molecular formula is C18H24ClN3O2. The third kappa shape index (κ3) is 3.08. The molecule has 1 atom stereocenters. The number of nitrogens with zero attached hydrogens (tertiary/aromatic N) is 2. The van der Waals surface area contributed by atoms with E-state index in [2.05, 4.69) is 0 Å². The molecule has 0 amide bonds. The van der Waals surface area contributed by atoms with E-state index in [4.69, 9.17) is 27.1 Å². The molecule has 1 aromatic heterocycles. The molecule has 2 aromatic rings. The molecule has 1 aromatic carbocycles. The first-order chi connectivity index (χ1) is 11.4. The average Bonchev–Trinajstić information content (AvgIpc) is 2.55. The van der Waals surface area contributed by atoms with Crippen LogP contribution in [0.25, 0.3) is 10.9 Å². The molecule has 1 fully saturated rings. The van der Waals surface area contributed by atoms with Crippen LogP contribution in [0.1, 0.15) is 63.0 Å². The van der Waals surface area contributed by atoms with Crippen LogP contribution in [-0.2, 0) is 4.74 Å². The van der Waals surface area contributed by atoms with Gasteiger partial charge in [-0.3, -0.25) is 9.36 Å². The third-order valence-electron chi connectivity index (χ3n) is 4.62. The first kappa shape index (κ1) is 17.4. The van der Waals surface area contributed by atoms with Crippen molar-refractivity contribution in [1.29, 1.82) is 0 Å². The minimum absolute atomic E-state index is 0.0324. The van der Waals surface area contributed by atoms with E-state index in [0.717, 1.165) is 24.2 Å². The van der Waals surface area contributed by atoms with E-state index in [-0.39, 0.29) is 23.6 Å². The highest BCUT2D eigenvalue weighted by Gasteiger charge is 2.25. The Kier molecular flexibility index (Phi) is 4.95. The Morgan fingerprint density at radius 2 is 1.96 bits per heavy atom. The smallest absolute Gasteiger partial charge is 0.261 e. The van der Waals surface area contributed by atoms with E-state index in [1.54, 1.807) is 10.6 Å². The number of aromatic nitrogens is 2. The summed E-state index contributed by atoms with van der Waals surface area (Å²) in [5.74, 6) is 1.07. The van der Waals surface area contributed by atoms with Gasteiger partial charge in [0.15, 0.2) is 0 Å². The van der Waals surface area contributed by atoms with Crippen LogP contribution in [-0.4, -0.2) is 22.8 Å². The van der Waals surface area contributed by atoms with E-state index in [0.29, 0.717) is 29.1 Å². The number of rotatable bonds is 3. The number of halogens is 1. The summed E-state index contributed by atoms with van der Waals surface area (Å²) in [6.45, 7) is 7.31. The van der Waals surface area contributed by atoms with Gasteiger partial charge in [0.1, 0.15) is 5.82 Å². The molecule has 1 aliphatic heterocycles. The second-order valence-electron chi connectivity index (χ2n) is 6.81. The summed E-state index contributed by atoms with van der Waals surface area (Å²) in [7, 11) is 0. The predicted octanol–water partition coefficient (Wildman–Crippen LogP) is 3.54. The zero-order chi connectivity index (χ0) is 17.4. The summed E-state index contributed by atoms with van der Waals surface area (Å²) >= 11 is 6.21. The van der Waals surface area contributed by atoms with Crippen LogP contribution in [0, 0.1) is 0 Å². The van der Waals surface area contributed by atoms with Crippen LogP contribution in [0.2, 0.25) is 5.02 Å². The molecule has 2 N–H and O–H groups in total. The maximum atomic E-state index is 13.2. The Morgan fingerprint density at radius 3 is 2.54 bits per heavy atom. The molecule has 0 spiro atoms. The largest absolute Gasteiger partial charge is 0.381 e. The van der Waals surface area contributed by atoms with Crippen molar-refractivity contribution in [2.24, 2.45) is 5.73 Å². The Balaban J connectivity index is 2.33. The van der Waals surface area contributed by atoms with Crippen LogP contribution in [0.5, 0.6) is 0 Å². The maximum absolute atomic E-state index is 13.2. The molecule has 2 heterocycles. The van der Waals surface area contributed by atoms with Crippen molar-refractivity contribution in [3.63, 3.8) is 0 Å². The van der Waals surface area contributed by atoms with E-state index >= 15 is 0 Å². The summed E-state index contributed by atoms with van der Waals surface area (Å²) in [5, 5.41) is 1.06. The first-order valence-electron chi connectivity index (χ1n) is 8.49. The fourth-order valence-electron chi connectivity index (χ4n) is 3.40. The van der Waals surface area contributed by atoms with Crippen molar-refractivity contribution in [3.05, 3.63) is 38.9 Å². The number of nitrogens with two attached hydrogens (primary N) is 1. The quantitative estimate of drug-likeness (QED) is 0.920. The van der Waals surface area contributed by atoms with Crippen molar-refractivity contribution in [2.75, 3.05) is 13.2 Å². The van der Waals surface area contributed by atoms with Crippen molar-refractivity contribution >= 4 is 22.5 Å². The molecule has 6 heteroatoms. The van der Waals surface area contributed by atoms with Gasteiger partial charge in [-0.25, -0.2) is 4.98 Å². The Bertz CT molecular complexity index is 808. The molecule has 0 unspecified atom stereocenters. The van der Waals surface area contributed by atoms with Gasteiger partial charge in [-0.15, -0.1) is 0 Å². The average molecular weight is 350 g/mol. The lowest BCUT2D eigenvalue weighted by atomic mass is 9.97. The third-order valence-corrected chi connectivity index (χ3v) is 4.84. The van der Waals surface area contributed by atoms with Crippen molar-refractivity contribution in [3.8, 4) is 0 Å². The van der Waals surface area contributed by atoms with Crippen LogP contribution in [0.15, 0.2) is 16.9 Å². The molecule has 1 aliphatic rings. The highest BCUT2D eigenvalue weighted by molar-refractivity contribution is 6.31. The van der Waals surface area contributed by atoms with Gasteiger partial charge in [0, 0.05) is 36.2 Å². The Morgan fingerprint density at radius 1 is 1.29 bits per heavy atom. The van der Waals surface area contributed by atoms with Gasteiger partial charge in [-0.1, -0.05) is 11.6 Å². The number of ether oxygens (including phenoxy) is 1. The molecule has 1 saturated heterocycles. The van der Waals surface area contributed by atoms with Gasteiger partial charge >= 0.3 is 0 Å². The lowest BCUT2D eigenvalue weighted by Crippen LogP contribution is -2.31. The molecule has 5 nitrogen and oxygen atoms in total. The molecule has 0 saturated carbocycles. The molecular weight excluding hydrogens is 326 g/mol. The number of benzene rings is 1.